The number of nitrogens with zero attached hydrogens (tertiary/aromatic N) is 1. The Hall–Kier alpha value is -1.05. The molecule has 0 spiro atoms. The van der Waals surface area contributed by atoms with Gasteiger partial charge in [0.1, 0.15) is 5.75 Å². The minimum atomic E-state index is 0.767. The van der Waals surface area contributed by atoms with Crippen LogP contribution < -0.4 is 4.74 Å². The van der Waals surface area contributed by atoms with Crippen molar-refractivity contribution in [2.75, 3.05) is 6.61 Å². The summed E-state index contributed by atoms with van der Waals surface area (Å²) in [5.74, 6) is 0.831. The normalized spacial score (nSPS) is 14.7. The Balaban J connectivity index is 2.54. The van der Waals surface area contributed by atoms with Crippen LogP contribution in [0.3, 0.4) is 0 Å². The number of rotatable bonds is 0. The summed E-state index contributed by atoms with van der Waals surface area (Å²) >= 11 is 0. The molecule has 0 amide bonds. The molecule has 1 aromatic rings. The zero-order chi connectivity index (χ0) is 6.10. The van der Waals surface area contributed by atoms with Gasteiger partial charge < -0.3 is 4.74 Å². The van der Waals surface area contributed by atoms with E-state index in [-0.39, 0.29) is 0 Å². The van der Waals surface area contributed by atoms with Gasteiger partial charge in [-0.15, -0.1) is 0 Å². The van der Waals surface area contributed by atoms with E-state index in [9.17, 15) is 0 Å². The van der Waals surface area contributed by atoms with Crippen LogP contribution in [0.25, 0.3) is 0 Å². The van der Waals surface area contributed by atoms with Crippen molar-refractivity contribution < 1.29 is 4.74 Å². The van der Waals surface area contributed by atoms with Crippen molar-refractivity contribution in [1.82, 2.24) is 4.98 Å². The summed E-state index contributed by atoms with van der Waals surface area (Å²) in [6.07, 6.45) is 2.68. The van der Waals surface area contributed by atoms with Gasteiger partial charge in [-0.2, -0.15) is 0 Å². The maximum absolute atomic E-state index is 5.18. The lowest BCUT2D eigenvalue weighted by Gasteiger charge is -1.92. The Morgan fingerprint density at radius 3 is 3.56 bits per heavy atom. The average Bonchev–Trinajstić information content (AvgIpc) is 2.33. The second-order valence-electron chi connectivity index (χ2n) is 1.96. The Kier molecular flexibility index (Phi) is 0.918. The lowest BCUT2D eigenvalue weighted by molar-refractivity contribution is 0.356. The van der Waals surface area contributed by atoms with Crippen LogP contribution in [-0.2, 0) is 6.42 Å². The number of pyridine rings is 1. The topological polar surface area (TPSA) is 22.1 Å². The molecule has 2 heterocycles. The van der Waals surface area contributed by atoms with Crippen LogP contribution in [0.2, 0.25) is 0 Å². The molecule has 9 heavy (non-hydrogen) atoms. The maximum Gasteiger partial charge on any atom is 0.148 e. The zero-order valence-electron chi connectivity index (χ0n) is 4.92. The molecule has 0 saturated heterocycles. The van der Waals surface area contributed by atoms with Crippen LogP contribution in [0.1, 0.15) is 5.69 Å². The highest BCUT2D eigenvalue weighted by atomic mass is 16.5. The molecule has 0 aromatic carbocycles. The fourth-order valence-electron chi connectivity index (χ4n) is 0.935. The second kappa shape index (κ2) is 1.72. The van der Waals surface area contributed by atoms with Gasteiger partial charge in [0.25, 0.3) is 0 Å². The van der Waals surface area contributed by atoms with E-state index in [0.29, 0.717) is 0 Å². The predicted octanol–water partition coefficient (Wildman–Crippen LogP) is 0.817. The lowest BCUT2D eigenvalue weighted by atomic mass is 10.3. The Morgan fingerprint density at radius 1 is 1.67 bits per heavy atom. The molecule has 2 heteroatoms. The van der Waals surface area contributed by atoms with Crippen molar-refractivity contribution in [3.8, 4) is 5.75 Å². The smallest absolute Gasteiger partial charge is 0.148 e. The van der Waals surface area contributed by atoms with Gasteiger partial charge in [-0.1, -0.05) is 0 Å². The van der Waals surface area contributed by atoms with Crippen molar-refractivity contribution in [2.24, 2.45) is 0 Å². The van der Waals surface area contributed by atoms with Crippen LogP contribution in [0.4, 0.5) is 0 Å². The Morgan fingerprint density at radius 2 is 2.67 bits per heavy atom. The summed E-state index contributed by atoms with van der Waals surface area (Å²) in [7, 11) is 0. The maximum atomic E-state index is 5.18. The van der Waals surface area contributed by atoms with Gasteiger partial charge in [-0.25, -0.2) is 0 Å². The molecular weight excluding hydrogens is 114 g/mol. The first kappa shape index (κ1) is 4.79. The molecule has 0 atom stereocenters. The summed E-state index contributed by atoms with van der Waals surface area (Å²) in [4.78, 5) is 4.10. The number of aromatic nitrogens is 1. The summed E-state index contributed by atoms with van der Waals surface area (Å²) in [5, 5.41) is 0. The number of ether oxygens (including phenoxy) is 1. The van der Waals surface area contributed by atoms with E-state index in [1.165, 1.54) is 0 Å². The minimum absolute atomic E-state index is 0.767. The van der Waals surface area contributed by atoms with Gasteiger partial charge in [-0.3, -0.25) is 4.98 Å². The molecule has 1 aliphatic rings. The van der Waals surface area contributed by atoms with E-state index in [0.717, 1.165) is 24.5 Å². The summed E-state index contributed by atoms with van der Waals surface area (Å²) in [6.45, 7) is 0.767. The first-order chi connectivity index (χ1) is 4.47. The van der Waals surface area contributed by atoms with Gasteiger partial charge >= 0.3 is 0 Å². The molecular formula is C7H6NO. The summed E-state index contributed by atoms with van der Waals surface area (Å²) in [6, 6.07) is 4.73. The van der Waals surface area contributed by atoms with E-state index < -0.39 is 0 Å². The number of fused-ring (bicyclic) bond motifs is 1. The number of hydrogen-bond donors (Lipinski definition) is 0. The van der Waals surface area contributed by atoms with Crippen LogP contribution in [0.15, 0.2) is 12.3 Å². The molecule has 0 fully saturated rings. The van der Waals surface area contributed by atoms with Crippen LogP contribution >= 0.6 is 0 Å². The molecule has 1 radical (unpaired) electrons. The van der Waals surface area contributed by atoms with Gasteiger partial charge in [0.2, 0.25) is 0 Å². The zero-order valence-corrected chi connectivity index (χ0v) is 4.92. The lowest BCUT2D eigenvalue weighted by Crippen LogP contribution is -1.86. The highest BCUT2D eigenvalue weighted by molar-refractivity contribution is 5.28. The SMILES string of the molecule is [c]1ccnc2c1OCC2. The molecule has 0 saturated carbocycles. The Bertz CT molecular complexity index is 199. The second-order valence-corrected chi connectivity index (χ2v) is 1.96. The fourth-order valence-corrected chi connectivity index (χ4v) is 0.935. The third-order valence-electron chi connectivity index (χ3n) is 1.37. The molecule has 0 aliphatic carbocycles. The Labute approximate surface area is 53.5 Å². The quantitative estimate of drug-likeness (QED) is 0.505. The highest BCUT2D eigenvalue weighted by Crippen LogP contribution is 2.20. The molecule has 1 aromatic heterocycles. The van der Waals surface area contributed by atoms with E-state index >= 15 is 0 Å². The van der Waals surface area contributed by atoms with Gasteiger partial charge in [0, 0.05) is 18.7 Å². The third kappa shape index (κ3) is 0.669. The standard InChI is InChI=1S/C7H6NO/c1-2-7-6(8-4-1)3-5-9-7/h1,4H,3,5H2. The van der Waals surface area contributed by atoms with E-state index in [1.54, 1.807) is 12.3 Å². The fraction of sp³-hybridized carbons (Fsp3) is 0.286. The predicted molar refractivity (Wildman–Crippen MR) is 32.3 cm³/mol. The molecule has 0 N–H and O–H groups in total. The van der Waals surface area contributed by atoms with Crippen molar-refractivity contribution in [2.45, 2.75) is 6.42 Å². The summed E-state index contributed by atoms with van der Waals surface area (Å²) in [5.41, 5.74) is 1.04. The van der Waals surface area contributed by atoms with Gasteiger partial charge in [-0.05, 0) is 6.07 Å². The number of hydrogen-bond acceptors (Lipinski definition) is 2. The summed E-state index contributed by atoms with van der Waals surface area (Å²) < 4.78 is 5.18. The minimum Gasteiger partial charge on any atom is -0.491 e. The van der Waals surface area contributed by atoms with E-state index in [4.69, 9.17) is 4.74 Å². The molecule has 45 valence electrons. The molecule has 2 nitrogen and oxygen atoms in total. The van der Waals surface area contributed by atoms with Crippen LogP contribution in [0.5, 0.6) is 5.75 Å². The largest absolute Gasteiger partial charge is 0.491 e. The highest BCUT2D eigenvalue weighted by Gasteiger charge is 2.10. The van der Waals surface area contributed by atoms with Gasteiger partial charge in [0.05, 0.1) is 12.3 Å². The molecule has 0 bridgehead atoms. The first-order valence-corrected chi connectivity index (χ1v) is 2.95. The average molecular weight is 120 g/mol. The van der Waals surface area contributed by atoms with Crippen LogP contribution in [0, 0.1) is 6.07 Å². The van der Waals surface area contributed by atoms with Gasteiger partial charge in [0.15, 0.2) is 0 Å². The van der Waals surface area contributed by atoms with Crippen molar-refractivity contribution in [3.63, 3.8) is 0 Å². The molecule has 0 unspecified atom stereocenters. The van der Waals surface area contributed by atoms with E-state index in [1.807, 2.05) is 0 Å². The first-order valence-electron chi connectivity index (χ1n) is 2.95. The van der Waals surface area contributed by atoms with Crippen molar-refractivity contribution >= 4 is 0 Å². The third-order valence-corrected chi connectivity index (χ3v) is 1.37. The van der Waals surface area contributed by atoms with Crippen molar-refractivity contribution in [1.29, 1.82) is 0 Å². The van der Waals surface area contributed by atoms with Crippen LogP contribution in [-0.4, -0.2) is 11.6 Å². The molecule has 2 rings (SSSR count). The molecule has 1 aliphatic heterocycles. The monoisotopic (exact) mass is 120 g/mol. The van der Waals surface area contributed by atoms with E-state index in [2.05, 4.69) is 11.1 Å². The van der Waals surface area contributed by atoms with Crippen molar-refractivity contribution in [3.05, 3.63) is 24.0 Å².